The van der Waals surface area contributed by atoms with E-state index in [0.29, 0.717) is 27.7 Å². The van der Waals surface area contributed by atoms with Crippen LogP contribution in [0.25, 0.3) is 0 Å². The van der Waals surface area contributed by atoms with Gasteiger partial charge in [0, 0.05) is 27.7 Å². The van der Waals surface area contributed by atoms with Crippen molar-refractivity contribution in [2.45, 2.75) is 17.7 Å². The molecule has 2 rings (SSSR count). The molecule has 1 aromatic rings. The third-order valence-corrected chi connectivity index (χ3v) is 6.44. The van der Waals surface area contributed by atoms with Crippen LogP contribution in [-0.4, -0.2) is 38.9 Å². The maximum atomic E-state index is 12.3. The van der Waals surface area contributed by atoms with Crippen LogP contribution in [0.3, 0.4) is 0 Å². The van der Waals surface area contributed by atoms with E-state index in [0.717, 1.165) is 12.8 Å². The van der Waals surface area contributed by atoms with Gasteiger partial charge in [-0.15, -0.1) is 0 Å². The summed E-state index contributed by atoms with van der Waals surface area (Å²) in [5.41, 5.74) is 6.07. The first-order chi connectivity index (χ1) is 9.81. The highest BCUT2D eigenvalue weighted by Crippen LogP contribution is 2.32. The number of rotatable bonds is 4. The van der Waals surface area contributed by atoms with E-state index in [9.17, 15) is 13.2 Å². The van der Waals surface area contributed by atoms with Crippen LogP contribution >= 0.6 is 31.9 Å². The Hall–Kier alpha value is -0.640. The van der Waals surface area contributed by atoms with Gasteiger partial charge in [0.1, 0.15) is 4.90 Å². The van der Waals surface area contributed by atoms with Crippen LogP contribution in [0.5, 0.6) is 0 Å². The van der Waals surface area contributed by atoms with E-state index >= 15 is 0 Å². The van der Waals surface area contributed by atoms with Crippen molar-refractivity contribution in [2.75, 3.05) is 25.4 Å². The fourth-order valence-electron chi connectivity index (χ4n) is 2.14. The van der Waals surface area contributed by atoms with Crippen LogP contribution in [0.2, 0.25) is 0 Å². The molecule has 0 atom stereocenters. The SMILES string of the molecule is Nc1cc(Br)c(S(=O)(=O)NCC(=O)N2CCCC2)c(Br)c1. The van der Waals surface area contributed by atoms with Crippen molar-refractivity contribution in [1.82, 2.24) is 9.62 Å². The number of nitrogens with zero attached hydrogens (tertiary/aromatic N) is 1. The first-order valence-corrected chi connectivity index (χ1v) is 9.40. The molecule has 0 unspecified atom stereocenters. The molecule has 1 fully saturated rings. The lowest BCUT2D eigenvalue weighted by Gasteiger charge is -2.16. The summed E-state index contributed by atoms with van der Waals surface area (Å²) in [5.74, 6) is -0.209. The molecule has 116 valence electrons. The van der Waals surface area contributed by atoms with E-state index in [1.165, 1.54) is 12.1 Å². The van der Waals surface area contributed by atoms with Crippen molar-refractivity contribution in [3.8, 4) is 0 Å². The molecule has 1 heterocycles. The minimum Gasteiger partial charge on any atom is -0.399 e. The average Bonchev–Trinajstić information content (AvgIpc) is 2.88. The quantitative estimate of drug-likeness (QED) is 0.696. The van der Waals surface area contributed by atoms with Gasteiger partial charge >= 0.3 is 0 Å². The normalized spacial score (nSPS) is 15.4. The van der Waals surface area contributed by atoms with Crippen molar-refractivity contribution in [3.05, 3.63) is 21.1 Å². The van der Waals surface area contributed by atoms with Crippen molar-refractivity contribution >= 4 is 53.5 Å². The molecule has 1 aliphatic heterocycles. The van der Waals surface area contributed by atoms with E-state index in [2.05, 4.69) is 36.6 Å². The van der Waals surface area contributed by atoms with Crippen LogP contribution in [-0.2, 0) is 14.8 Å². The highest BCUT2D eigenvalue weighted by atomic mass is 79.9. The molecule has 1 amide bonds. The number of nitrogens with two attached hydrogens (primary N) is 1. The Morgan fingerprint density at radius 1 is 1.24 bits per heavy atom. The number of anilines is 1. The number of nitrogens with one attached hydrogen (secondary N) is 1. The molecule has 6 nitrogen and oxygen atoms in total. The number of nitrogen functional groups attached to an aromatic ring is 1. The zero-order chi connectivity index (χ0) is 15.6. The Bertz CT molecular complexity index is 635. The van der Waals surface area contributed by atoms with Crippen molar-refractivity contribution in [1.29, 1.82) is 0 Å². The third kappa shape index (κ3) is 3.97. The summed E-state index contributed by atoms with van der Waals surface area (Å²) in [6.07, 6.45) is 1.93. The van der Waals surface area contributed by atoms with Crippen molar-refractivity contribution in [3.63, 3.8) is 0 Å². The maximum absolute atomic E-state index is 12.3. The molecule has 0 radical (unpaired) electrons. The lowest BCUT2D eigenvalue weighted by atomic mass is 10.3. The second-order valence-electron chi connectivity index (χ2n) is 4.73. The standard InChI is InChI=1S/C12H15Br2N3O3S/c13-9-5-8(15)6-10(14)12(9)21(19,20)16-7-11(18)17-3-1-2-4-17/h5-6,16H,1-4,7,15H2. The third-order valence-electron chi connectivity index (χ3n) is 3.16. The first-order valence-electron chi connectivity index (χ1n) is 6.33. The average molecular weight is 441 g/mol. The Morgan fingerprint density at radius 2 is 1.76 bits per heavy atom. The highest BCUT2D eigenvalue weighted by Gasteiger charge is 2.24. The lowest BCUT2D eigenvalue weighted by molar-refractivity contribution is -0.128. The molecule has 9 heteroatoms. The van der Waals surface area contributed by atoms with E-state index in [1.807, 2.05) is 0 Å². The van der Waals surface area contributed by atoms with Crippen LogP contribution in [0, 0.1) is 0 Å². The van der Waals surface area contributed by atoms with Gasteiger partial charge in [-0.25, -0.2) is 13.1 Å². The number of sulfonamides is 1. The van der Waals surface area contributed by atoms with Gasteiger partial charge in [0.25, 0.3) is 0 Å². The van der Waals surface area contributed by atoms with E-state index < -0.39 is 10.0 Å². The van der Waals surface area contributed by atoms with E-state index in [4.69, 9.17) is 5.73 Å². The largest absolute Gasteiger partial charge is 0.399 e. The second kappa shape index (κ2) is 6.64. The number of hydrogen-bond acceptors (Lipinski definition) is 4. The predicted molar refractivity (Wildman–Crippen MR) is 87.3 cm³/mol. The summed E-state index contributed by atoms with van der Waals surface area (Å²) >= 11 is 6.37. The molecular weight excluding hydrogens is 426 g/mol. The van der Waals surface area contributed by atoms with E-state index in [1.54, 1.807) is 4.90 Å². The van der Waals surface area contributed by atoms with Gasteiger partial charge < -0.3 is 10.6 Å². The molecular formula is C12H15Br2N3O3S. The Balaban J connectivity index is 2.13. The number of benzene rings is 1. The molecule has 0 saturated carbocycles. The minimum atomic E-state index is -3.81. The van der Waals surface area contributed by atoms with E-state index in [-0.39, 0.29) is 17.3 Å². The molecule has 3 N–H and O–H groups in total. The number of amides is 1. The molecule has 0 spiro atoms. The lowest BCUT2D eigenvalue weighted by Crippen LogP contribution is -2.38. The minimum absolute atomic E-state index is 0.0333. The maximum Gasteiger partial charge on any atom is 0.243 e. The molecule has 21 heavy (non-hydrogen) atoms. The fourth-order valence-corrected chi connectivity index (χ4v) is 5.73. The summed E-state index contributed by atoms with van der Waals surface area (Å²) in [7, 11) is -3.81. The molecule has 1 aliphatic rings. The molecule has 1 aromatic carbocycles. The van der Waals surface area contributed by atoms with Gasteiger partial charge in [-0.05, 0) is 56.8 Å². The summed E-state index contributed by atoms with van der Waals surface area (Å²) < 4.78 is 27.7. The number of halogens is 2. The van der Waals surface area contributed by atoms with Crippen LogP contribution in [0.15, 0.2) is 26.0 Å². The van der Waals surface area contributed by atoms with Crippen LogP contribution in [0.1, 0.15) is 12.8 Å². The Labute approximate surface area is 140 Å². The molecule has 0 aliphatic carbocycles. The summed E-state index contributed by atoms with van der Waals surface area (Å²) in [4.78, 5) is 13.6. The van der Waals surface area contributed by atoms with Crippen LogP contribution < -0.4 is 10.5 Å². The Kier molecular flexibility index (Phi) is 5.29. The van der Waals surface area contributed by atoms with Gasteiger partial charge in [0.15, 0.2) is 0 Å². The highest BCUT2D eigenvalue weighted by molar-refractivity contribution is 9.11. The predicted octanol–water partition coefficient (Wildman–Crippen LogP) is 1.69. The second-order valence-corrected chi connectivity index (χ2v) is 8.14. The molecule has 0 aromatic heterocycles. The number of carbonyl (C=O) groups excluding carboxylic acids is 1. The zero-order valence-electron chi connectivity index (χ0n) is 11.1. The fraction of sp³-hybridized carbons (Fsp3) is 0.417. The van der Waals surface area contributed by atoms with Gasteiger partial charge in [-0.2, -0.15) is 0 Å². The van der Waals surface area contributed by atoms with Crippen molar-refractivity contribution < 1.29 is 13.2 Å². The number of hydrogen-bond donors (Lipinski definition) is 2. The van der Waals surface area contributed by atoms with Gasteiger partial charge in [-0.3, -0.25) is 4.79 Å². The van der Waals surface area contributed by atoms with Gasteiger partial charge in [0.2, 0.25) is 15.9 Å². The smallest absolute Gasteiger partial charge is 0.243 e. The number of likely N-dealkylation sites (tertiary alicyclic amines) is 1. The van der Waals surface area contributed by atoms with Crippen LogP contribution in [0.4, 0.5) is 5.69 Å². The van der Waals surface area contributed by atoms with Crippen molar-refractivity contribution in [2.24, 2.45) is 0 Å². The van der Waals surface area contributed by atoms with Gasteiger partial charge in [0.05, 0.1) is 6.54 Å². The topological polar surface area (TPSA) is 92.5 Å². The Morgan fingerprint density at radius 3 is 2.29 bits per heavy atom. The zero-order valence-corrected chi connectivity index (χ0v) is 15.1. The van der Waals surface area contributed by atoms with Gasteiger partial charge in [-0.1, -0.05) is 0 Å². The summed E-state index contributed by atoms with van der Waals surface area (Å²) in [6, 6.07) is 3.00. The monoisotopic (exact) mass is 439 g/mol. The first kappa shape index (κ1) is 16.7. The summed E-state index contributed by atoms with van der Waals surface area (Å²) in [5, 5.41) is 0. The number of carbonyl (C=O) groups is 1. The summed E-state index contributed by atoms with van der Waals surface area (Å²) in [6.45, 7) is 1.14. The molecule has 0 bridgehead atoms. The molecule has 1 saturated heterocycles.